The molecule has 122 valence electrons. The average Bonchev–Trinajstić information content (AvgIpc) is 2.46. The van der Waals surface area contributed by atoms with Gasteiger partial charge in [0.25, 0.3) is 0 Å². The van der Waals surface area contributed by atoms with Gasteiger partial charge in [-0.05, 0) is 36.8 Å². The van der Waals surface area contributed by atoms with Gasteiger partial charge < -0.3 is 0 Å². The van der Waals surface area contributed by atoms with Crippen molar-refractivity contribution in [3.05, 3.63) is 69.0 Å². The fourth-order valence-corrected chi connectivity index (χ4v) is 3.39. The third-order valence-corrected chi connectivity index (χ3v) is 4.88. The maximum absolute atomic E-state index is 13.3. The summed E-state index contributed by atoms with van der Waals surface area (Å²) >= 11 is 5.86. The summed E-state index contributed by atoms with van der Waals surface area (Å²) in [5.74, 6) is -1.10. The smallest absolute Gasteiger partial charge is 0.258 e. The van der Waals surface area contributed by atoms with Crippen LogP contribution in [0.4, 0.5) is 10.1 Å². The molecular weight excluding hydrogens is 347 g/mol. The van der Waals surface area contributed by atoms with Gasteiger partial charge in [0, 0.05) is 17.1 Å². The molecule has 0 aliphatic rings. The van der Waals surface area contributed by atoms with Gasteiger partial charge in [-0.15, -0.1) is 0 Å². The van der Waals surface area contributed by atoms with E-state index in [-0.39, 0.29) is 4.90 Å². The number of hydrogen-bond acceptors (Lipinski definition) is 4. The van der Waals surface area contributed by atoms with E-state index in [0.29, 0.717) is 16.7 Å². The Kier molecular flexibility index (Phi) is 4.98. The zero-order valence-electron chi connectivity index (χ0n) is 11.9. The quantitative estimate of drug-likeness (QED) is 0.655. The summed E-state index contributed by atoms with van der Waals surface area (Å²) in [6.45, 7) is 1.60. The lowest BCUT2D eigenvalue weighted by atomic mass is 10.1. The van der Waals surface area contributed by atoms with E-state index in [0.717, 1.165) is 12.1 Å². The summed E-state index contributed by atoms with van der Waals surface area (Å²) in [7, 11) is -4.06. The van der Waals surface area contributed by atoms with Gasteiger partial charge in [-0.1, -0.05) is 23.7 Å². The molecule has 1 atom stereocenters. The Bertz CT molecular complexity index is 858. The molecule has 2 aromatic carbocycles. The molecule has 0 amide bonds. The Morgan fingerprint density at radius 2 is 1.96 bits per heavy atom. The molecule has 2 aromatic rings. The number of benzene rings is 2. The van der Waals surface area contributed by atoms with Crippen LogP contribution in [0.2, 0.25) is 5.02 Å². The van der Waals surface area contributed by atoms with Crippen LogP contribution in [0.3, 0.4) is 0 Å². The number of hydrogen-bond donors (Lipinski definition) is 1. The van der Waals surface area contributed by atoms with Gasteiger partial charge in [-0.25, -0.2) is 13.1 Å². The van der Waals surface area contributed by atoms with Crippen LogP contribution in [0, 0.1) is 15.9 Å². The van der Waals surface area contributed by atoms with Crippen LogP contribution in [0.1, 0.15) is 18.5 Å². The number of nitrogens with one attached hydrogen (secondary N) is 1. The first kappa shape index (κ1) is 17.3. The molecule has 23 heavy (non-hydrogen) atoms. The van der Waals surface area contributed by atoms with Crippen LogP contribution < -0.4 is 4.72 Å². The first-order chi connectivity index (χ1) is 10.7. The van der Waals surface area contributed by atoms with Crippen molar-refractivity contribution >= 4 is 27.3 Å². The van der Waals surface area contributed by atoms with Gasteiger partial charge >= 0.3 is 5.69 Å². The molecule has 0 saturated heterocycles. The fraction of sp³-hybridized carbons (Fsp3) is 0.143. The minimum Gasteiger partial charge on any atom is -0.258 e. The zero-order chi connectivity index (χ0) is 17.2. The lowest BCUT2D eigenvalue weighted by Crippen LogP contribution is -2.27. The molecule has 0 unspecified atom stereocenters. The second-order valence-electron chi connectivity index (χ2n) is 4.77. The van der Waals surface area contributed by atoms with Gasteiger partial charge in [-0.3, -0.25) is 10.1 Å². The van der Waals surface area contributed by atoms with Crippen molar-refractivity contribution in [2.75, 3.05) is 0 Å². The summed E-state index contributed by atoms with van der Waals surface area (Å²) in [5, 5.41) is 11.2. The van der Waals surface area contributed by atoms with Crippen molar-refractivity contribution in [1.29, 1.82) is 0 Å². The minimum absolute atomic E-state index is 0.389. The van der Waals surface area contributed by atoms with Gasteiger partial charge in [0.2, 0.25) is 15.8 Å². The predicted molar refractivity (Wildman–Crippen MR) is 83.2 cm³/mol. The molecule has 2 rings (SSSR count). The van der Waals surface area contributed by atoms with Crippen LogP contribution in [-0.2, 0) is 10.0 Å². The van der Waals surface area contributed by atoms with Crippen molar-refractivity contribution < 1.29 is 17.7 Å². The third-order valence-electron chi connectivity index (χ3n) is 3.11. The summed E-state index contributed by atoms with van der Waals surface area (Å²) in [5.41, 5.74) is -0.277. The number of nitrogens with zero attached hydrogens (tertiary/aromatic N) is 1. The zero-order valence-corrected chi connectivity index (χ0v) is 13.4. The topological polar surface area (TPSA) is 89.3 Å². The Balaban J connectivity index is 2.32. The molecule has 1 N–H and O–H groups in total. The molecule has 0 aromatic heterocycles. The van der Waals surface area contributed by atoms with Crippen LogP contribution in [0.15, 0.2) is 47.4 Å². The van der Waals surface area contributed by atoms with Crippen molar-refractivity contribution in [1.82, 2.24) is 4.72 Å². The highest BCUT2D eigenvalue weighted by molar-refractivity contribution is 7.89. The summed E-state index contributed by atoms with van der Waals surface area (Å²) < 4.78 is 40.3. The molecule has 9 heteroatoms. The molecule has 0 heterocycles. The van der Waals surface area contributed by atoms with Crippen LogP contribution in [-0.4, -0.2) is 13.3 Å². The van der Waals surface area contributed by atoms with Crippen molar-refractivity contribution in [3.63, 3.8) is 0 Å². The first-order valence-corrected chi connectivity index (χ1v) is 8.28. The Labute approximate surface area is 137 Å². The molecule has 6 nitrogen and oxygen atoms in total. The molecule has 0 saturated carbocycles. The van der Waals surface area contributed by atoms with Crippen molar-refractivity contribution in [3.8, 4) is 0 Å². The average molecular weight is 359 g/mol. The van der Waals surface area contributed by atoms with Gasteiger partial charge in [0.1, 0.15) is 0 Å². The monoisotopic (exact) mass is 358 g/mol. The van der Waals surface area contributed by atoms with E-state index in [9.17, 15) is 22.9 Å². The van der Waals surface area contributed by atoms with E-state index in [1.165, 1.54) is 0 Å². The molecule has 0 bridgehead atoms. The highest BCUT2D eigenvalue weighted by Gasteiger charge is 2.23. The number of nitro groups is 1. The maximum Gasteiger partial charge on any atom is 0.306 e. The molecule has 0 aliphatic heterocycles. The summed E-state index contributed by atoms with van der Waals surface area (Å²) in [6, 6.07) is 8.38. The minimum atomic E-state index is -4.06. The largest absolute Gasteiger partial charge is 0.306 e. The van der Waals surface area contributed by atoms with E-state index < -0.39 is 32.5 Å². The highest BCUT2D eigenvalue weighted by atomic mass is 35.5. The van der Waals surface area contributed by atoms with E-state index in [2.05, 4.69) is 4.72 Å². The standard InChI is InChI=1S/C14H12ClFN2O4S/c1-9(10-3-2-4-11(15)7-10)17-23(21,22)12-5-6-13(16)14(8-12)18(19)20/h2-9,17H,1H3/t9-/m1/s1. The van der Waals surface area contributed by atoms with Gasteiger partial charge in [0.05, 0.1) is 9.82 Å². The fourth-order valence-electron chi connectivity index (χ4n) is 1.94. The third kappa shape index (κ3) is 4.04. The van der Waals surface area contributed by atoms with Crippen molar-refractivity contribution in [2.24, 2.45) is 0 Å². The van der Waals surface area contributed by atoms with Crippen molar-refractivity contribution in [2.45, 2.75) is 17.9 Å². The van der Waals surface area contributed by atoms with Gasteiger partial charge in [-0.2, -0.15) is 4.39 Å². The van der Waals surface area contributed by atoms with Gasteiger partial charge in [0.15, 0.2) is 0 Å². The second-order valence-corrected chi connectivity index (χ2v) is 6.92. The van der Waals surface area contributed by atoms with E-state index in [1.54, 1.807) is 31.2 Å². The SMILES string of the molecule is C[C@@H](NS(=O)(=O)c1ccc(F)c([N+](=O)[O-])c1)c1cccc(Cl)c1. The van der Waals surface area contributed by atoms with Crippen LogP contribution in [0.25, 0.3) is 0 Å². The number of sulfonamides is 1. The normalized spacial score (nSPS) is 12.8. The molecule has 0 aliphatic carbocycles. The maximum atomic E-state index is 13.3. The number of halogens is 2. The summed E-state index contributed by atoms with van der Waals surface area (Å²) in [4.78, 5) is 9.35. The van der Waals surface area contributed by atoms with Crippen LogP contribution >= 0.6 is 11.6 Å². The number of nitro benzene ring substituents is 1. The lowest BCUT2D eigenvalue weighted by molar-refractivity contribution is -0.387. The van der Waals surface area contributed by atoms with E-state index in [1.807, 2.05) is 0 Å². The molecule has 0 radical (unpaired) electrons. The Hall–Kier alpha value is -2.03. The Morgan fingerprint density at radius 1 is 1.26 bits per heavy atom. The molecule has 0 fully saturated rings. The first-order valence-electron chi connectivity index (χ1n) is 6.42. The molecular formula is C14H12ClFN2O4S. The highest BCUT2D eigenvalue weighted by Crippen LogP contribution is 2.24. The molecule has 0 spiro atoms. The number of rotatable bonds is 5. The second kappa shape index (κ2) is 6.61. The van der Waals surface area contributed by atoms with E-state index >= 15 is 0 Å². The Morgan fingerprint density at radius 3 is 2.57 bits per heavy atom. The summed E-state index contributed by atoms with van der Waals surface area (Å²) in [6.07, 6.45) is 0. The predicted octanol–water partition coefficient (Wildman–Crippen LogP) is 3.43. The van der Waals surface area contributed by atoms with Crippen LogP contribution in [0.5, 0.6) is 0 Å². The van der Waals surface area contributed by atoms with E-state index in [4.69, 9.17) is 11.6 Å². The lowest BCUT2D eigenvalue weighted by Gasteiger charge is -2.15.